The second-order valence-corrected chi connectivity index (χ2v) is 4.78. The third-order valence-electron chi connectivity index (χ3n) is 3.45. The van der Waals surface area contributed by atoms with E-state index in [0.29, 0.717) is 6.42 Å². The van der Waals surface area contributed by atoms with Gasteiger partial charge >= 0.3 is 0 Å². The minimum absolute atomic E-state index is 0.128. The molecule has 3 rings (SSSR count). The van der Waals surface area contributed by atoms with Crippen molar-refractivity contribution in [2.75, 3.05) is 0 Å². The lowest BCUT2D eigenvalue weighted by atomic mass is 10.1. The van der Waals surface area contributed by atoms with Gasteiger partial charge < -0.3 is 10.4 Å². The SMILES string of the molecule is O=C(N[C@@H]1c2ccccc2C[C@@H]1O)c1ccc(F)cn1. The number of pyridine rings is 1. The van der Waals surface area contributed by atoms with E-state index in [0.717, 1.165) is 17.3 Å². The van der Waals surface area contributed by atoms with Crippen molar-refractivity contribution in [2.45, 2.75) is 18.6 Å². The quantitative estimate of drug-likeness (QED) is 0.873. The average Bonchev–Trinajstić information content (AvgIpc) is 2.76. The lowest BCUT2D eigenvalue weighted by Gasteiger charge is -2.17. The zero-order valence-corrected chi connectivity index (χ0v) is 10.6. The van der Waals surface area contributed by atoms with E-state index in [-0.39, 0.29) is 5.69 Å². The van der Waals surface area contributed by atoms with E-state index in [4.69, 9.17) is 0 Å². The molecular formula is C15H13FN2O2. The third kappa shape index (κ3) is 2.28. The number of nitrogens with zero attached hydrogens (tertiary/aromatic N) is 1. The number of halogens is 1. The third-order valence-corrected chi connectivity index (χ3v) is 3.45. The summed E-state index contributed by atoms with van der Waals surface area (Å²) < 4.78 is 12.8. The first-order valence-corrected chi connectivity index (χ1v) is 6.33. The molecule has 1 aromatic carbocycles. The molecule has 2 aromatic rings. The number of carbonyl (C=O) groups excluding carboxylic acids is 1. The van der Waals surface area contributed by atoms with Gasteiger partial charge in [0.15, 0.2) is 0 Å². The number of hydrogen-bond donors (Lipinski definition) is 2. The lowest BCUT2D eigenvalue weighted by Crippen LogP contribution is -2.34. The van der Waals surface area contributed by atoms with Crippen LogP contribution in [0.15, 0.2) is 42.6 Å². The molecule has 2 atom stereocenters. The molecule has 0 spiro atoms. The Kier molecular flexibility index (Phi) is 3.20. The van der Waals surface area contributed by atoms with Gasteiger partial charge in [0.25, 0.3) is 5.91 Å². The minimum Gasteiger partial charge on any atom is -0.390 e. The van der Waals surface area contributed by atoms with E-state index in [2.05, 4.69) is 10.3 Å². The van der Waals surface area contributed by atoms with Crippen LogP contribution < -0.4 is 5.32 Å². The number of aromatic nitrogens is 1. The van der Waals surface area contributed by atoms with Gasteiger partial charge in [0.1, 0.15) is 11.5 Å². The monoisotopic (exact) mass is 272 g/mol. The Morgan fingerprint density at radius 3 is 2.85 bits per heavy atom. The highest BCUT2D eigenvalue weighted by atomic mass is 19.1. The van der Waals surface area contributed by atoms with Gasteiger partial charge in [0.2, 0.25) is 0 Å². The van der Waals surface area contributed by atoms with Gasteiger partial charge in [-0.2, -0.15) is 0 Å². The summed E-state index contributed by atoms with van der Waals surface area (Å²) in [5, 5.41) is 12.8. The first kappa shape index (κ1) is 12.7. The summed E-state index contributed by atoms with van der Waals surface area (Å²) in [5.74, 6) is -0.918. The van der Waals surface area contributed by atoms with E-state index in [1.54, 1.807) is 0 Å². The Bertz CT molecular complexity index is 643. The molecule has 0 aliphatic heterocycles. The topological polar surface area (TPSA) is 62.2 Å². The number of aliphatic hydroxyl groups excluding tert-OH is 1. The summed E-state index contributed by atoms with van der Waals surface area (Å²) in [4.78, 5) is 15.8. The first-order chi connectivity index (χ1) is 9.65. The molecule has 0 radical (unpaired) electrons. The maximum atomic E-state index is 12.8. The fraction of sp³-hybridized carbons (Fsp3) is 0.200. The Hall–Kier alpha value is -2.27. The molecule has 1 aliphatic rings. The van der Waals surface area contributed by atoms with Crippen LogP contribution in [-0.2, 0) is 6.42 Å². The smallest absolute Gasteiger partial charge is 0.270 e. The fourth-order valence-corrected chi connectivity index (χ4v) is 2.47. The predicted octanol–water partition coefficient (Wildman–Crippen LogP) is 1.61. The second-order valence-electron chi connectivity index (χ2n) is 4.78. The Morgan fingerprint density at radius 2 is 2.10 bits per heavy atom. The van der Waals surface area contributed by atoms with Crippen LogP contribution in [0.25, 0.3) is 0 Å². The maximum absolute atomic E-state index is 12.8. The number of rotatable bonds is 2. The summed E-state index contributed by atoms with van der Waals surface area (Å²) in [7, 11) is 0. The van der Waals surface area contributed by atoms with Crippen molar-refractivity contribution >= 4 is 5.91 Å². The van der Waals surface area contributed by atoms with E-state index in [1.807, 2.05) is 24.3 Å². The van der Waals surface area contributed by atoms with Crippen LogP contribution in [0.2, 0.25) is 0 Å². The molecule has 0 unspecified atom stereocenters. The predicted molar refractivity (Wildman–Crippen MR) is 70.6 cm³/mol. The average molecular weight is 272 g/mol. The van der Waals surface area contributed by atoms with Crippen LogP contribution in [0.3, 0.4) is 0 Å². The van der Waals surface area contributed by atoms with Crippen molar-refractivity contribution in [3.8, 4) is 0 Å². The van der Waals surface area contributed by atoms with Crippen molar-refractivity contribution in [1.29, 1.82) is 0 Å². The van der Waals surface area contributed by atoms with E-state index in [9.17, 15) is 14.3 Å². The van der Waals surface area contributed by atoms with Gasteiger partial charge in [-0.25, -0.2) is 9.37 Å². The zero-order valence-electron chi connectivity index (χ0n) is 10.6. The standard InChI is InChI=1S/C15H13FN2O2/c16-10-5-6-12(17-8-10)15(20)18-14-11-4-2-1-3-9(11)7-13(14)19/h1-6,8,13-14,19H,7H2,(H,18,20)/t13-,14+/m0/s1. The summed E-state index contributed by atoms with van der Waals surface area (Å²) in [6.45, 7) is 0. The van der Waals surface area contributed by atoms with E-state index < -0.39 is 23.9 Å². The van der Waals surface area contributed by atoms with Crippen LogP contribution in [0.1, 0.15) is 27.7 Å². The molecule has 102 valence electrons. The highest BCUT2D eigenvalue weighted by molar-refractivity contribution is 5.92. The van der Waals surface area contributed by atoms with Crippen LogP contribution in [0.5, 0.6) is 0 Å². The molecule has 5 heteroatoms. The number of fused-ring (bicyclic) bond motifs is 1. The number of hydrogen-bond acceptors (Lipinski definition) is 3. The zero-order chi connectivity index (χ0) is 14.1. The van der Waals surface area contributed by atoms with Crippen molar-refractivity contribution in [3.63, 3.8) is 0 Å². The van der Waals surface area contributed by atoms with Crippen LogP contribution in [0, 0.1) is 5.82 Å². The minimum atomic E-state index is -0.656. The summed E-state index contributed by atoms with van der Waals surface area (Å²) in [5.41, 5.74) is 2.07. The van der Waals surface area contributed by atoms with Gasteiger partial charge in [-0.1, -0.05) is 24.3 Å². The van der Waals surface area contributed by atoms with Crippen molar-refractivity contribution in [3.05, 3.63) is 65.2 Å². The molecule has 1 amide bonds. The normalized spacial score (nSPS) is 20.5. The number of benzene rings is 1. The molecule has 4 nitrogen and oxygen atoms in total. The molecule has 0 saturated heterocycles. The van der Waals surface area contributed by atoms with Crippen molar-refractivity contribution in [1.82, 2.24) is 10.3 Å². The molecule has 0 saturated carbocycles. The van der Waals surface area contributed by atoms with Crippen LogP contribution in [-0.4, -0.2) is 22.1 Å². The second kappa shape index (κ2) is 5.02. The number of carbonyl (C=O) groups is 1. The Morgan fingerprint density at radius 1 is 1.30 bits per heavy atom. The molecular weight excluding hydrogens is 259 g/mol. The fourth-order valence-electron chi connectivity index (χ4n) is 2.47. The van der Waals surface area contributed by atoms with Crippen molar-refractivity contribution < 1.29 is 14.3 Å². The molecule has 2 N–H and O–H groups in total. The van der Waals surface area contributed by atoms with Crippen molar-refractivity contribution in [2.24, 2.45) is 0 Å². The highest BCUT2D eigenvalue weighted by Crippen LogP contribution is 2.31. The highest BCUT2D eigenvalue weighted by Gasteiger charge is 2.32. The largest absolute Gasteiger partial charge is 0.390 e. The lowest BCUT2D eigenvalue weighted by molar-refractivity contribution is 0.0853. The van der Waals surface area contributed by atoms with E-state index >= 15 is 0 Å². The summed E-state index contributed by atoms with van der Waals surface area (Å²) >= 11 is 0. The molecule has 1 aromatic heterocycles. The Balaban J connectivity index is 1.81. The summed E-state index contributed by atoms with van der Waals surface area (Å²) in [6, 6.07) is 9.63. The van der Waals surface area contributed by atoms with Gasteiger partial charge in [0, 0.05) is 6.42 Å². The molecule has 0 fully saturated rings. The molecule has 20 heavy (non-hydrogen) atoms. The van der Waals surface area contributed by atoms with Gasteiger partial charge in [-0.3, -0.25) is 4.79 Å². The Labute approximate surface area is 115 Å². The number of aliphatic hydroxyl groups is 1. The van der Waals surface area contributed by atoms with Gasteiger partial charge in [0.05, 0.1) is 18.3 Å². The first-order valence-electron chi connectivity index (χ1n) is 6.33. The maximum Gasteiger partial charge on any atom is 0.270 e. The summed E-state index contributed by atoms with van der Waals surface area (Å²) in [6.07, 6.45) is 0.850. The van der Waals surface area contributed by atoms with Gasteiger partial charge in [-0.05, 0) is 23.3 Å². The number of nitrogens with one attached hydrogen (secondary N) is 1. The number of amides is 1. The van der Waals surface area contributed by atoms with E-state index in [1.165, 1.54) is 12.1 Å². The van der Waals surface area contributed by atoms with Crippen LogP contribution >= 0.6 is 0 Å². The van der Waals surface area contributed by atoms with Crippen LogP contribution in [0.4, 0.5) is 4.39 Å². The molecule has 0 bridgehead atoms. The molecule has 1 heterocycles. The molecule has 1 aliphatic carbocycles. The van der Waals surface area contributed by atoms with Gasteiger partial charge in [-0.15, -0.1) is 0 Å².